The van der Waals surface area contributed by atoms with Gasteiger partial charge in [0.1, 0.15) is 11.6 Å². The Morgan fingerprint density at radius 1 is 1.29 bits per heavy atom. The first-order chi connectivity index (χ1) is 13.5. The summed E-state index contributed by atoms with van der Waals surface area (Å²) in [5.41, 5.74) is 3.06. The summed E-state index contributed by atoms with van der Waals surface area (Å²) in [6.07, 6.45) is 6.69. The SMILES string of the molecule is CCCCC(CN(C)c1nc(-c2ccccc2O)nc2c1CCC(C)C2)OC. The number of fused-ring (bicyclic) bond motifs is 1. The summed E-state index contributed by atoms with van der Waals surface area (Å²) in [6, 6.07) is 7.31. The molecule has 1 aromatic carbocycles. The maximum absolute atomic E-state index is 10.3. The van der Waals surface area contributed by atoms with Gasteiger partial charge in [0.15, 0.2) is 5.82 Å². The number of phenols is 1. The minimum absolute atomic E-state index is 0.187. The quantitative estimate of drug-likeness (QED) is 0.721. The van der Waals surface area contributed by atoms with Crippen LogP contribution in [0.5, 0.6) is 5.75 Å². The van der Waals surface area contributed by atoms with E-state index in [-0.39, 0.29) is 11.9 Å². The number of unbranched alkanes of at least 4 members (excludes halogenated alkanes) is 1. The first-order valence-electron chi connectivity index (χ1n) is 10.5. The molecule has 5 heteroatoms. The van der Waals surface area contributed by atoms with E-state index in [1.165, 1.54) is 12.0 Å². The van der Waals surface area contributed by atoms with Crippen molar-refractivity contribution in [3.8, 4) is 17.1 Å². The fourth-order valence-electron chi connectivity index (χ4n) is 3.97. The molecule has 0 saturated heterocycles. The lowest BCUT2D eigenvalue weighted by atomic mass is 9.88. The Labute approximate surface area is 168 Å². The van der Waals surface area contributed by atoms with Gasteiger partial charge in [0.25, 0.3) is 0 Å². The Kier molecular flexibility index (Phi) is 6.89. The minimum Gasteiger partial charge on any atom is -0.507 e. The van der Waals surface area contributed by atoms with Gasteiger partial charge in [0.05, 0.1) is 17.4 Å². The van der Waals surface area contributed by atoms with Crippen LogP contribution in [0.4, 0.5) is 5.82 Å². The molecule has 2 aromatic rings. The van der Waals surface area contributed by atoms with Gasteiger partial charge in [-0.3, -0.25) is 0 Å². The van der Waals surface area contributed by atoms with E-state index in [0.29, 0.717) is 17.3 Å². The zero-order valence-electron chi connectivity index (χ0n) is 17.6. The van der Waals surface area contributed by atoms with Crippen molar-refractivity contribution in [2.75, 3.05) is 25.6 Å². The van der Waals surface area contributed by atoms with E-state index in [9.17, 15) is 5.11 Å². The van der Waals surface area contributed by atoms with Crippen LogP contribution < -0.4 is 4.90 Å². The number of likely N-dealkylation sites (N-methyl/N-ethyl adjacent to an activating group) is 1. The van der Waals surface area contributed by atoms with Crippen LogP contribution in [0.3, 0.4) is 0 Å². The van der Waals surface area contributed by atoms with E-state index in [0.717, 1.165) is 50.2 Å². The topological polar surface area (TPSA) is 58.5 Å². The molecule has 5 nitrogen and oxygen atoms in total. The number of anilines is 1. The van der Waals surface area contributed by atoms with E-state index in [1.807, 2.05) is 18.2 Å². The third-order valence-electron chi connectivity index (χ3n) is 5.70. The molecule has 0 aliphatic heterocycles. The Hall–Kier alpha value is -2.14. The summed E-state index contributed by atoms with van der Waals surface area (Å²) in [5, 5.41) is 10.3. The van der Waals surface area contributed by atoms with Crippen LogP contribution in [0.1, 0.15) is 50.8 Å². The Bertz CT molecular complexity index is 793. The molecule has 1 N–H and O–H groups in total. The second-order valence-corrected chi connectivity index (χ2v) is 8.04. The van der Waals surface area contributed by atoms with Crippen molar-refractivity contribution in [2.45, 2.75) is 58.5 Å². The molecule has 0 spiro atoms. The summed E-state index contributed by atoms with van der Waals surface area (Å²) >= 11 is 0. The van der Waals surface area contributed by atoms with Gasteiger partial charge in [-0.2, -0.15) is 0 Å². The molecule has 0 fully saturated rings. The normalized spacial score (nSPS) is 17.2. The van der Waals surface area contributed by atoms with Gasteiger partial charge in [0, 0.05) is 26.3 Å². The van der Waals surface area contributed by atoms with Crippen molar-refractivity contribution < 1.29 is 9.84 Å². The van der Waals surface area contributed by atoms with Crippen LogP contribution in [-0.2, 0) is 17.6 Å². The van der Waals surface area contributed by atoms with E-state index >= 15 is 0 Å². The number of phenolic OH excluding ortho intramolecular Hbond substituents is 1. The van der Waals surface area contributed by atoms with Crippen molar-refractivity contribution in [2.24, 2.45) is 5.92 Å². The maximum atomic E-state index is 10.3. The minimum atomic E-state index is 0.187. The number of nitrogens with zero attached hydrogens (tertiary/aromatic N) is 3. The number of benzene rings is 1. The molecule has 1 aliphatic carbocycles. The third kappa shape index (κ3) is 4.64. The number of ether oxygens (including phenoxy) is 1. The highest BCUT2D eigenvalue weighted by molar-refractivity contribution is 5.66. The van der Waals surface area contributed by atoms with Gasteiger partial charge in [-0.05, 0) is 43.7 Å². The molecule has 1 aromatic heterocycles. The average molecular weight is 384 g/mol. The predicted octanol–water partition coefficient (Wildman–Crippen LogP) is 4.62. The van der Waals surface area contributed by atoms with Gasteiger partial charge >= 0.3 is 0 Å². The summed E-state index contributed by atoms with van der Waals surface area (Å²) in [7, 11) is 3.88. The second kappa shape index (κ2) is 9.37. The number of para-hydroxylation sites is 1. The van der Waals surface area contributed by atoms with Crippen LogP contribution in [-0.4, -0.2) is 41.9 Å². The molecule has 2 unspecified atom stereocenters. The Morgan fingerprint density at radius 3 is 2.79 bits per heavy atom. The number of aromatic hydroxyl groups is 1. The Balaban J connectivity index is 1.98. The zero-order valence-corrected chi connectivity index (χ0v) is 17.6. The molecule has 1 aliphatic rings. The monoisotopic (exact) mass is 383 g/mol. The standard InChI is InChI=1S/C23H33N3O2/c1-5-6-9-17(28-4)15-26(3)23-18-13-12-16(2)14-20(18)24-22(25-23)19-10-7-8-11-21(19)27/h7-8,10-11,16-17,27H,5-6,9,12-15H2,1-4H3. The van der Waals surface area contributed by atoms with Crippen molar-refractivity contribution in [1.82, 2.24) is 9.97 Å². The summed E-state index contributed by atoms with van der Waals surface area (Å²) in [5.74, 6) is 2.43. The summed E-state index contributed by atoms with van der Waals surface area (Å²) in [4.78, 5) is 12.0. The largest absolute Gasteiger partial charge is 0.507 e. The molecule has 0 bridgehead atoms. The molecule has 3 rings (SSSR count). The maximum Gasteiger partial charge on any atom is 0.165 e. The number of hydrogen-bond donors (Lipinski definition) is 1. The molecule has 152 valence electrons. The molecule has 1 heterocycles. The van der Waals surface area contributed by atoms with Gasteiger partial charge in [-0.15, -0.1) is 0 Å². The van der Waals surface area contributed by atoms with E-state index in [4.69, 9.17) is 14.7 Å². The van der Waals surface area contributed by atoms with Gasteiger partial charge in [-0.25, -0.2) is 9.97 Å². The third-order valence-corrected chi connectivity index (χ3v) is 5.70. The van der Waals surface area contributed by atoms with Crippen molar-refractivity contribution in [3.05, 3.63) is 35.5 Å². The van der Waals surface area contributed by atoms with Gasteiger partial charge in [-0.1, -0.05) is 38.8 Å². The molecule has 0 amide bonds. The first kappa shape index (κ1) is 20.6. The summed E-state index contributed by atoms with van der Waals surface area (Å²) < 4.78 is 5.71. The molecule has 0 saturated carbocycles. The summed E-state index contributed by atoms with van der Waals surface area (Å²) in [6.45, 7) is 5.28. The highest BCUT2D eigenvalue weighted by atomic mass is 16.5. The lowest BCUT2D eigenvalue weighted by Gasteiger charge is -2.30. The molecule has 2 atom stereocenters. The molecular formula is C23H33N3O2. The fourth-order valence-corrected chi connectivity index (χ4v) is 3.97. The number of aromatic nitrogens is 2. The van der Waals surface area contributed by atoms with Crippen LogP contribution >= 0.6 is 0 Å². The van der Waals surface area contributed by atoms with Crippen molar-refractivity contribution in [1.29, 1.82) is 0 Å². The van der Waals surface area contributed by atoms with Gasteiger partial charge < -0.3 is 14.7 Å². The number of hydrogen-bond acceptors (Lipinski definition) is 5. The average Bonchev–Trinajstić information content (AvgIpc) is 2.70. The Morgan fingerprint density at radius 2 is 2.07 bits per heavy atom. The van der Waals surface area contributed by atoms with E-state index in [1.54, 1.807) is 13.2 Å². The van der Waals surface area contributed by atoms with Crippen LogP contribution in [0, 0.1) is 5.92 Å². The predicted molar refractivity (Wildman–Crippen MR) is 114 cm³/mol. The number of methoxy groups -OCH3 is 1. The van der Waals surface area contributed by atoms with Crippen LogP contribution in [0.15, 0.2) is 24.3 Å². The van der Waals surface area contributed by atoms with Crippen molar-refractivity contribution >= 4 is 5.82 Å². The molecule has 28 heavy (non-hydrogen) atoms. The first-order valence-corrected chi connectivity index (χ1v) is 10.5. The van der Waals surface area contributed by atoms with E-state index < -0.39 is 0 Å². The molecule has 0 radical (unpaired) electrons. The highest BCUT2D eigenvalue weighted by Crippen LogP contribution is 2.34. The number of rotatable bonds is 8. The van der Waals surface area contributed by atoms with E-state index in [2.05, 4.69) is 25.8 Å². The lowest BCUT2D eigenvalue weighted by molar-refractivity contribution is 0.0990. The smallest absolute Gasteiger partial charge is 0.165 e. The fraction of sp³-hybridized carbons (Fsp3) is 0.565. The van der Waals surface area contributed by atoms with Gasteiger partial charge in [0.2, 0.25) is 0 Å². The highest BCUT2D eigenvalue weighted by Gasteiger charge is 2.25. The van der Waals surface area contributed by atoms with Crippen LogP contribution in [0.2, 0.25) is 0 Å². The van der Waals surface area contributed by atoms with Crippen LogP contribution in [0.25, 0.3) is 11.4 Å². The van der Waals surface area contributed by atoms with Crippen molar-refractivity contribution in [3.63, 3.8) is 0 Å². The lowest BCUT2D eigenvalue weighted by Crippen LogP contribution is -2.33. The zero-order chi connectivity index (χ0) is 20.1. The molecular weight excluding hydrogens is 350 g/mol. The second-order valence-electron chi connectivity index (χ2n) is 8.04.